The van der Waals surface area contributed by atoms with Crippen LogP contribution in [0.3, 0.4) is 0 Å². The summed E-state index contributed by atoms with van der Waals surface area (Å²) in [6.45, 7) is 1.90. The molecule has 5 nitrogen and oxygen atoms in total. The predicted molar refractivity (Wildman–Crippen MR) is 107 cm³/mol. The van der Waals surface area contributed by atoms with Crippen LogP contribution in [0.2, 0.25) is 15.1 Å². The first-order valence-electron chi connectivity index (χ1n) is 7.49. The van der Waals surface area contributed by atoms with E-state index in [0.29, 0.717) is 37.3 Å². The number of thioether (sulfide) groups is 1. The van der Waals surface area contributed by atoms with Crippen LogP contribution < -0.4 is 5.32 Å². The van der Waals surface area contributed by atoms with Crippen LogP contribution in [0.5, 0.6) is 0 Å². The van der Waals surface area contributed by atoms with Crippen LogP contribution in [0, 0.1) is 6.92 Å². The largest absolute Gasteiger partial charge is 0.325 e. The van der Waals surface area contributed by atoms with E-state index in [2.05, 4.69) is 20.5 Å². The Kier molecular flexibility index (Phi) is 6.09. The first kappa shape index (κ1) is 19.0. The Morgan fingerprint density at radius 2 is 1.88 bits per heavy atom. The van der Waals surface area contributed by atoms with Gasteiger partial charge in [0.25, 0.3) is 0 Å². The highest BCUT2D eigenvalue weighted by atomic mass is 35.5. The number of carbonyl (C=O) groups excluding carboxylic acids is 1. The molecule has 2 N–H and O–H groups in total. The first-order valence-corrected chi connectivity index (χ1v) is 9.61. The van der Waals surface area contributed by atoms with Gasteiger partial charge < -0.3 is 5.32 Å². The molecule has 2 aromatic carbocycles. The van der Waals surface area contributed by atoms with E-state index in [4.69, 9.17) is 34.8 Å². The second-order valence-corrected chi connectivity index (χ2v) is 7.61. The van der Waals surface area contributed by atoms with Crippen LogP contribution in [0.1, 0.15) is 5.56 Å². The third kappa shape index (κ3) is 4.71. The van der Waals surface area contributed by atoms with Gasteiger partial charge >= 0.3 is 0 Å². The summed E-state index contributed by atoms with van der Waals surface area (Å²) in [6.07, 6.45) is 0. The van der Waals surface area contributed by atoms with Crippen LogP contribution in [0.15, 0.2) is 41.6 Å². The van der Waals surface area contributed by atoms with Crippen molar-refractivity contribution in [2.75, 3.05) is 11.1 Å². The van der Waals surface area contributed by atoms with Gasteiger partial charge in [-0.05, 0) is 42.8 Å². The zero-order valence-electron chi connectivity index (χ0n) is 13.5. The van der Waals surface area contributed by atoms with Gasteiger partial charge in [0.15, 0.2) is 5.82 Å². The number of aryl methyl sites for hydroxylation is 1. The van der Waals surface area contributed by atoms with Crippen LogP contribution in [-0.4, -0.2) is 26.8 Å². The average molecular weight is 428 g/mol. The summed E-state index contributed by atoms with van der Waals surface area (Å²) in [5.74, 6) is 0.508. The fraction of sp³-hybridized carbons (Fsp3) is 0.118. The summed E-state index contributed by atoms with van der Waals surface area (Å²) >= 11 is 19.2. The zero-order valence-corrected chi connectivity index (χ0v) is 16.6. The minimum Gasteiger partial charge on any atom is -0.325 e. The Morgan fingerprint density at radius 3 is 2.65 bits per heavy atom. The van der Waals surface area contributed by atoms with Crippen molar-refractivity contribution in [2.24, 2.45) is 0 Å². The molecule has 0 spiro atoms. The van der Waals surface area contributed by atoms with Crippen molar-refractivity contribution in [1.82, 2.24) is 15.2 Å². The summed E-state index contributed by atoms with van der Waals surface area (Å²) in [7, 11) is 0. The maximum Gasteiger partial charge on any atom is 0.234 e. The topological polar surface area (TPSA) is 70.7 Å². The summed E-state index contributed by atoms with van der Waals surface area (Å²) in [4.78, 5) is 16.5. The van der Waals surface area contributed by atoms with E-state index in [1.54, 1.807) is 30.3 Å². The zero-order chi connectivity index (χ0) is 18.7. The number of H-pyrrole nitrogens is 1. The molecule has 134 valence electrons. The average Bonchev–Trinajstić information content (AvgIpc) is 3.05. The number of benzene rings is 2. The Morgan fingerprint density at radius 1 is 1.15 bits per heavy atom. The van der Waals surface area contributed by atoms with Crippen molar-refractivity contribution < 1.29 is 4.79 Å². The van der Waals surface area contributed by atoms with Gasteiger partial charge in [-0.2, -0.15) is 0 Å². The Bertz CT molecular complexity index is 961. The highest BCUT2D eigenvalue weighted by Gasteiger charge is 2.12. The van der Waals surface area contributed by atoms with Crippen molar-refractivity contribution in [2.45, 2.75) is 12.1 Å². The van der Waals surface area contributed by atoms with Crippen molar-refractivity contribution in [3.8, 4) is 11.4 Å². The normalized spacial score (nSPS) is 10.8. The molecule has 0 radical (unpaired) electrons. The van der Waals surface area contributed by atoms with Crippen LogP contribution in [-0.2, 0) is 4.79 Å². The van der Waals surface area contributed by atoms with Gasteiger partial charge in [-0.3, -0.25) is 9.89 Å². The van der Waals surface area contributed by atoms with E-state index < -0.39 is 0 Å². The second kappa shape index (κ2) is 8.31. The van der Waals surface area contributed by atoms with Gasteiger partial charge in [-0.25, -0.2) is 4.98 Å². The Labute approximate surface area is 169 Å². The molecule has 3 rings (SSSR count). The number of nitrogens with zero attached hydrogens (tertiary/aromatic N) is 2. The molecule has 0 bridgehead atoms. The lowest BCUT2D eigenvalue weighted by Gasteiger charge is -2.07. The summed E-state index contributed by atoms with van der Waals surface area (Å²) < 4.78 is 0. The standard InChI is InChI=1S/C17H13Cl3N4OS/c1-9-2-3-11(19)7-14(9)21-15(25)8-26-17-22-16(23-24-17)12-5-4-10(18)6-13(12)20/h2-7H,8H2,1H3,(H,21,25)(H,22,23,24). The number of nitrogens with one attached hydrogen (secondary N) is 2. The molecular weight excluding hydrogens is 415 g/mol. The maximum atomic E-state index is 12.1. The van der Waals surface area contributed by atoms with Crippen LogP contribution >= 0.6 is 46.6 Å². The molecule has 0 aliphatic rings. The summed E-state index contributed by atoms with van der Waals surface area (Å²) in [5, 5.41) is 11.8. The van der Waals surface area contributed by atoms with E-state index in [9.17, 15) is 4.79 Å². The summed E-state index contributed by atoms with van der Waals surface area (Å²) in [5.41, 5.74) is 2.31. The molecule has 1 aromatic heterocycles. The van der Waals surface area contributed by atoms with Gasteiger partial charge in [0.2, 0.25) is 11.1 Å². The monoisotopic (exact) mass is 426 g/mol. The van der Waals surface area contributed by atoms with Gasteiger partial charge in [-0.1, -0.05) is 52.6 Å². The van der Waals surface area contributed by atoms with E-state index in [1.165, 1.54) is 11.8 Å². The lowest BCUT2D eigenvalue weighted by atomic mass is 10.2. The molecule has 0 aliphatic carbocycles. The third-order valence-electron chi connectivity index (χ3n) is 3.46. The number of hydrogen-bond acceptors (Lipinski definition) is 4. The number of anilines is 1. The fourth-order valence-electron chi connectivity index (χ4n) is 2.16. The second-order valence-electron chi connectivity index (χ2n) is 5.39. The van der Waals surface area contributed by atoms with Crippen molar-refractivity contribution >= 4 is 58.2 Å². The molecule has 0 fully saturated rings. The highest BCUT2D eigenvalue weighted by molar-refractivity contribution is 7.99. The number of rotatable bonds is 5. The molecule has 26 heavy (non-hydrogen) atoms. The third-order valence-corrected chi connectivity index (χ3v) is 5.09. The Hall–Kier alpha value is -1.73. The Balaban J connectivity index is 1.62. The minimum absolute atomic E-state index is 0.164. The van der Waals surface area contributed by atoms with E-state index in [1.807, 2.05) is 13.0 Å². The van der Waals surface area contributed by atoms with Crippen molar-refractivity contribution in [3.63, 3.8) is 0 Å². The number of carbonyl (C=O) groups is 1. The maximum absolute atomic E-state index is 12.1. The van der Waals surface area contributed by atoms with Crippen molar-refractivity contribution in [3.05, 3.63) is 57.0 Å². The van der Waals surface area contributed by atoms with Gasteiger partial charge in [0.1, 0.15) is 0 Å². The quantitative estimate of drug-likeness (QED) is 0.530. The molecule has 1 heterocycles. The molecule has 1 amide bonds. The van der Waals surface area contributed by atoms with Gasteiger partial charge in [0.05, 0.1) is 10.8 Å². The number of hydrogen-bond donors (Lipinski definition) is 2. The van der Waals surface area contributed by atoms with Crippen molar-refractivity contribution in [1.29, 1.82) is 0 Å². The molecule has 9 heteroatoms. The van der Waals surface area contributed by atoms with E-state index in [-0.39, 0.29) is 11.7 Å². The molecule has 0 unspecified atom stereocenters. The molecular formula is C17H13Cl3N4OS. The number of aromatic amines is 1. The number of aromatic nitrogens is 3. The lowest BCUT2D eigenvalue weighted by Crippen LogP contribution is -2.14. The van der Waals surface area contributed by atoms with Crippen LogP contribution in [0.4, 0.5) is 5.69 Å². The molecule has 3 aromatic rings. The minimum atomic E-state index is -0.170. The fourth-order valence-corrected chi connectivity index (χ4v) is 3.43. The first-order chi connectivity index (χ1) is 12.4. The molecule has 0 aliphatic heterocycles. The van der Waals surface area contributed by atoms with Gasteiger partial charge in [-0.15, -0.1) is 5.10 Å². The lowest BCUT2D eigenvalue weighted by molar-refractivity contribution is -0.113. The van der Waals surface area contributed by atoms with Gasteiger partial charge in [0, 0.05) is 21.3 Å². The molecule has 0 atom stereocenters. The highest BCUT2D eigenvalue weighted by Crippen LogP contribution is 2.29. The molecule has 0 saturated carbocycles. The van der Waals surface area contributed by atoms with E-state index >= 15 is 0 Å². The smallest absolute Gasteiger partial charge is 0.234 e. The number of halogens is 3. The molecule has 0 saturated heterocycles. The SMILES string of the molecule is Cc1ccc(Cl)cc1NC(=O)CSc1n[nH]c(-c2ccc(Cl)cc2Cl)n1. The summed E-state index contributed by atoms with van der Waals surface area (Å²) in [6, 6.07) is 10.5. The predicted octanol–water partition coefficient (Wildman–Crippen LogP) is 5.47. The van der Waals surface area contributed by atoms with Crippen LogP contribution in [0.25, 0.3) is 11.4 Å². The number of amides is 1. The van der Waals surface area contributed by atoms with E-state index in [0.717, 1.165) is 5.56 Å².